The summed E-state index contributed by atoms with van der Waals surface area (Å²) in [5.74, 6) is -0.326. The lowest BCUT2D eigenvalue weighted by atomic mass is 9.49. The maximum absolute atomic E-state index is 13.6. The predicted octanol–water partition coefficient (Wildman–Crippen LogP) is 2.88. The molecule has 1 spiro atoms. The summed E-state index contributed by atoms with van der Waals surface area (Å²) in [7, 11) is 0. The number of unbranched alkanes of at least 4 members (excludes halogenated alkanes) is 1. The highest BCUT2D eigenvalue weighted by Gasteiger charge is 2.72. The van der Waals surface area contributed by atoms with Gasteiger partial charge in [0.05, 0.1) is 27.8 Å². The van der Waals surface area contributed by atoms with Crippen molar-refractivity contribution in [2.45, 2.75) is 80.6 Å². The van der Waals surface area contributed by atoms with Gasteiger partial charge < -0.3 is 36.1 Å². The van der Waals surface area contributed by atoms with E-state index >= 15 is 0 Å². The third-order valence-corrected chi connectivity index (χ3v) is 11.0. The van der Waals surface area contributed by atoms with E-state index < -0.39 is 35.0 Å². The van der Waals surface area contributed by atoms with Crippen LogP contribution in [0.15, 0.2) is 30.3 Å². The van der Waals surface area contributed by atoms with Gasteiger partial charge >= 0.3 is 5.97 Å². The Morgan fingerprint density at radius 1 is 1.21 bits per heavy atom. The fourth-order valence-electron chi connectivity index (χ4n) is 8.82. The highest BCUT2D eigenvalue weighted by Crippen LogP contribution is 2.69. The number of phenolic OH excluding ortho intramolecular Hbond substituents is 1. The van der Waals surface area contributed by atoms with Crippen LogP contribution in [-0.4, -0.2) is 74.4 Å². The first-order valence-electron chi connectivity index (χ1n) is 15.6. The number of carboxylic acid groups (broad SMARTS) is 1. The largest absolute Gasteiger partial charge is 0.504 e. The van der Waals surface area contributed by atoms with Gasteiger partial charge in [-0.2, -0.15) is 0 Å². The minimum Gasteiger partial charge on any atom is -0.504 e. The van der Waals surface area contributed by atoms with Crippen molar-refractivity contribution in [1.29, 1.82) is 0 Å². The number of piperidine rings is 1. The quantitative estimate of drug-likeness (QED) is 0.209. The predicted molar refractivity (Wildman–Crippen MR) is 158 cm³/mol. The van der Waals surface area contributed by atoms with E-state index in [1.54, 1.807) is 18.2 Å². The van der Waals surface area contributed by atoms with Crippen molar-refractivity contribution < 1.29 is 29.6 Å². The number of aliphatic carboxylic acids is 1. The number of carbonyl (C=O) groups excluding carboxylic acids is 1. The number of aromatic hydroxyl groups is 1. The number of phenols is 1. The van der Waals surface area contributed by atoms with Crippen molar-refractivity contribution in [2.75, 3.05) is 19.6 Å². The summed E-state index contributed by atoms with van der Waals surface area (Å²) in [6.07, 6.45) is 5.28. The van der Waals surface area contributed by atoms with Crippen molar-refractivity contribution in [3.63, 3.8) is 0 Å². The molecule has 0 unspecified atom stereocenters. The number of nitrogens with zero attached hydrogens (tertiary/aromatic N) is 1. The zero-order chi connectivity index (χ0) is 29.7. The number of likely N-dealkylation sites (tertiary alicyclic amines) is 1. The molecule has 1 saturated carbocycles. The first kappa shape index (κ1) is 27.0. The number of ether oxygens (including phenoxy) is 1. The molecule has 2 aromatic carbocycles. The maximum atomic E-state index is 13.6. The molecular weight excluding hydrogens is 548 g/mol. The lowest BCUT2D eigenvalue weighted by Gasteiger charge is -2.62. The topological polar surface area (TPSA) is 161 Å². The summed E-state index contributed by atoms with van der Waals surface area (Å²) < 4.78 is 6.66. The van der Waals surface area contributed by atoms with Crippen LogP contribution in [0.5, 0.6) is 11.5 Å². The Morgan fingerprint density at radius 2 is 2.05 bits per heavy atom. The molecule has 10 nitrogen and oxygen atoms in total. The van der Waals surface area contributed by atoms with Crippen molar-refractivity contribution in [1.82, 2.24) is 15.2 Å². The lowest BCUT2D eigenvalue weighted by Crippen LogP contribution is -2.74. The number of hydrogen-bond acceptors (Lipinski definition) is 7. The number of nitrogens with one attached hydrogen (secondary N) is 2. The van der Waals surface area contributed by atoms with Gasteiger partial charge in [-0.1, -0.05) is 18.2 Å². The first-order valence-corrected chi connectivity index (χ1v) is 15.6. The molecule has 0 radical (unpaired) electrons. The van der Waals surface area contributed by atoms with Crippen LogP contribution in [0.2, 0.25) is 0 Å². The van der Waals surface area contributed by atoms with Gasteiger partial charge in [-0.3, -0.25) is 9.69 Å². The molecule has 5 atom stereocenters. The highest BCUT2D eigenvalue weighted by atomic mass is 16.5. The number of carboxylic acids is 1. The molecule has 3 aliphatic carbocycles. The Balaban J connectivity index is 1.24. The molecule has 7 N–H and O–H groups in total. The smallest absolute Gasteiger partial charge is 0.326 e. The summed E-state index contributed by atoms with van der Waals surface area (Å²) >= 11 is 0. The second-order valence-electron chi connectivity index (χ2n) is 13.3. The van der Waals surface area contributed by atoms with Crippen molar-refractivity contribution in [2.24, 2.45) is 11.7 Å². The van der Waals surface area contributed by atoms with Gasteiger partial charge in [-0.25, -0.2) is 4.79 Å². The summed E-state index contributed by atoms with van der Waals surface area (Å²) in [6.45, 7) is 2.30. The summed E-state index contributed by atoms with van der Waals surface area (Å²) in [6, 6.07) is 8.03. The van der Waals surface area contributed by atoms with Crippen LogP contribution in [0.25, 0.3) is 10.9 Å². The van der Waals surface area contributed by atoms with E-state index in [9.17, 15) is 24.9 Å². The van der Waals surface area contributed by atoms with Gasteiger partial charge in [0.1, 0.15) is 6.04 Å². The van der Waals surface area contributed by atoms with Crippen LogP contribution >= 0.6 is 0 Å². The number of amides is 1. The molecule has 1 saturated heterocycles. The van der Waals surface area contributed by atoms with Gasteiger partial charge in [-0.05, 0) is 87.2 Å². The van der Waals surface area contributed by atoms with Crippen LogP contribution in [0.4, 0.5) is 0 Å². The van der Waals surface area contributed by atoms with E-state index in [0.29, 0.717) is 67.8 Å². The molecular formula is C33H38N4O6. The van der Waals surface area contributed by atoms with Crippen LogP contribution < -0.4 is 15.8 Å². The zero-order valence-corrected chi connectivity index (χ0v) is 24.1. The van der Waals surface area contributed by atoms with Crippen LogP contribution in [0.3, 0.4) is 0 Å². The number of H-pyrrole nitrogens is 1. The number of benzene rings is 2. The molecule has 226 valence electrons. The second-order valence-corrected chi connectivity index (χ2v) is 13.3. The molecule has 2 bridgehead atoms. The Kier molecular flexibility index (Phi) is 5.93. The van der Waals surface area contributed by atoms with Gasteiger partial charge in [0.15, 0.2) is 17.6 Å². The van der Waals surface area contributed by atoms with Gasteiger partial charge in [-0.15, -0.1) is 0 Å². The van der Waals surface area contributed by atoms with Crippen LogP contribution in [0, 0.1) is 5.92 Å². The third kappa shape index (κ3) is 3.69. The van der Waals surface area contributed by atoms with Crippen molar-refractivity contribution >= 4 is 22.8 Å². The first-order chi connectivity index (χ1) is 20.8. The average Bonchev–Trinajstić information content (AvgIpc) is 3.62. The van der Waals surface area contributed by atoms with E-state index in [1.165, 1.54) is 12.8 Å². The van der Waals surface area contributed by atoms with Crippen LogP contribution in [0.1, 0.15) is 77.4 Å². The molecule has 3 heterocycles. The number of rotatable bonds is 9. The summed E-state index contributed by atoms with van der Waals surface area (Å²) in [5, 5.41) is 37.3. The Labute approximate surface area is 249 Å². The van der Waals surface area contributed by atoms with Gasteiger partial charge in [0.2, 0.25) is 0 Å². The summed E-state index contributed by atoms with van der Waals surface area (Å²) in [4.78, 5) is 31.5. The fraction of sp³-hybridized carbons (Fsp3) is 0.515. The second kappa shape index (κ2) is 9.45. The van der Waals surface area contributed by atoms with E-state index in [2.05, 4.69) is 15.2 Å². The number of nitrogens with two attached hydrogens (primary N) is 1. The minimum atomic E-state index is -1.13. The average molecular weight is 587 g/mol. The lowest BCUT2D eigenvalue weighted by molar-refractivity contribution is -0.173. The van der Waals surface area contributed by atoms with E-state index in [-0.39, 0.29) is 11.8 Å². The molecule has 1 aromatic heterocycles. The molecule has 3 aromatic rings. The fourth-order valence-corrected chi connectivity index (χ4v) is 8.82. The van der Waals surface area contributed by atoms with Crippen LogP contribution in [-0.2, 0) is 23.1 Å². The standard InChI is InChI=1S/C33H38N4O6/c34-12-2-1-6-22(31(40)41)35-30(39)20-5-3-4-19-21-15-33(42)24-14-18-9-10-23(38)28-25(18)32(33,11-13-37(24)16-17-7-8-17)29(43-28)27(21)36-26(19)20/h3-5,9-10,17,22,24,29,36,38,42H,1-2,6-8,11-16,34H2,(H,35,39)(H,40,41)/t22-,24+,29-,32-,33+/m0/s1. The Morgan fingerprint density at radius 3 is 2.81 bits per heavy atom. The molecule has 10 heteroatoms. The molecule has 2 aliphatic heterocycles. The number of aromatic nitrogens is 1. The Hall–Kier alpha value is -3.60. The molecule has 43 heavy (non-hydrogen) atoms. The van der Waals surface area contributed by atoms with E-state index in [1.807, 2.05) is 12.1 Å². The van der Waals surface area contributed by atoms with Crippen molar-refractivity contribution in [3.05, 3.63) is 58.3 Å². The monoisotopic (exact) mass is 586 g/mol. The zero-order valence-electron chi connectivity index (χ0n) is 24.1. The molecule has 5 aliphatic rings. The third-order valence-electron chi connectivity index (χ3n) is 11.0. The number of carbonyl (C=O) groups is 2. The number of aliphatic hydroxyl groups is 1. The van der Waals surface area contributed by atoms with E-state index in [4.69, 9.17) is 10.5 Å². The van der Waals surface area contributed by atoms with E-state index in [0.717, 1.165) is 40.9 Å². The number of aromatic amines is 1. The molecule has 8 rings (SSSR count). The number of para-hydroxylation sites is 1. The number of hydrogen-bond donors (Lipinski definition) is 6. The minimum absolute atomic E-state index is 0.0795. The maximum Gasteiger partial charge on any atom is 0.326 e. The number of fused-ring (bicyclic) bond motifs is 4. The van der Waals surface area contributed by atoms with Gasteiger partial charge in [0.25, 0.3) is 5.91 Å². The highest BCUT2D eigenvalue weighted by molar-refractivity contribution is 6.08. The molecule has 2 fully saturated rings. The van der Waals surface area contributed by atoms with Gasteiger partial charge in [0, 0.05) is 30.0 Å². The SMILES string of the molecule is NCCCC[C@H](NC(=O)c1cccc2c3c([nH]c12)[C@@H]1Oc2c(O)ccc4c2[C@@]12CCN(CC1CC1)[C@H](C4)[C@]2(O)C3)C(=O)O. The Bertz CT molecular complexity index is 1660. The van der Waals surface area contributed by atoms with Crippen molar-refractivity contribution in [3.8, 4) is 11.5 Å². The molecule has 1 amide bonds. The normalized spacial score (nSPS) is 29.1. The summed E-state index contributed by atoms with van der Waals surface area (Å²) in [5.41, 5.74) is 8.46.